The van der Waals surface area contributed by atoms with Gasteiger partial charge in [-0.15, -0.1) is 0 Å². The normalized spacial score (nSPS) is 19.4. The van der Waals surface area contributed by atoms with E-state index in [9.17, 15) is 0 Å². The number of aryl methyl sites for hydroxylation is 1. The summed E-state index contributed by atoms with van der Waals surface area (Å²) in [6.07, 6.45) is 0. The standard InChI is InChI=1S/C46H49N/c1-28-16-20-33-35-22-18-30(26-40(35)43(4,5)38(33)24-28)47(31-19-23-37-41(27-31)45(8,9)46(10,11)44(37,6)7)29-17-21-34-32-14-12-13-15-36(32)42(2,3)39(34)25-29/h12-27H,1-11H3. The third kappa shape index (κ3) is 3.78. The van der Waals surface area contributed by atoms with Crippen LogP contribution in [0.25, 0.3) is 22.3 Å². The van der Waals surface area contributed by atoms with Crippen LogP contribution in [0.2, 0.25) is 0 Å². The van der Waals surface area contributed by atoms with Crippen molar-refractivity contribution in [3.05, 3.63) is 136 Å². The molecule has 0 aliphatic heterocycles. The third-order valence-corrected chi connectivity index (χ3v) is 13.6. The van der Waals surface area contributed by atoms with Crippen molar-refractivity contribution in [1.82, 2.24) is 0 Å². The average molecular weight is 616 g/mol. The first-order chi connectivity index (χ1) is 22.0. The lowest BCUT2D eigenvalue weighted by molar-refractivity contribution is 0.125. The van der Waals surface area contributed by atoms with Crippen molar-refractivity contribution >= 4 is 17.1 Å². The van der Waals surface area contributed by atoms with Crippen LogP contribution < -0.4 is 4.90 Å². The number of hydrogen-bond acceptors (Lipinski definition) is 1. The molecule has 0 atom stereocenters. The van der Waals surface area contributed by atoms with E-state index in [4.69, 9.17) is 0 Å². The van der Waals surface area contributed by atoms with Gasteiger partial charge < -0.3 is 4.90 Å². The van der Waals surface area contributed by atoms with E-state index < -0.39 is 0 Å². The third-order valence-electron chi connectivity index (χ3n) is 13.6. The lowest BCUT2D eigenvalue weighted by Gasteiger charge is -2.44. The van der Waals surface area contributed by atoms with E-state index in [1.807, 2.05) is 0 Å². The fourth-order valence-corrected chi connectivity index (χ4v) is 9.45. The molecule has 0 N–H and O–H groups in total. The fraction of sp³-hybridized carbons (Fsp3) is 0.348. The number of benzene rings is 5. The van der Waals surface area contributed by atoms with Crippen molar-refractivity contribution in [3.63, 3.8) is 0 Å². The summed E-state index contributed by atoms with van der Waals surface area (Å²) >= 11 is 0. The summed E-state index contributed by atoms with van der Waals surface area (Å²) in [5.41, 5.74) is 19.0. The number of fused-ring (bicyclic) bond motifs is 7. The molecular formula is C46H49N. The zero-order chi connectivity index (χ0) is 33.5. The topological polar surface area (TPSA) is 3.24 Å². The maximum atomic E-state index is 2.53. The Morgan fingerprint density at radius 1 is 0.383 bits per heavy atom. The smallest absolute Gasteiger partial charge is 0.0465 e. The Morgan fingerprint density at radius 2 is 0.809 bits per heavy atom. The molecule has 5 aromatic carbocycles. The van der Waals surface area contributed by atoms with E-state index in [1.54, 1.807) is 0 Å². The molecule has 0 spiro atoms. The van der Waals surface area contributed by atoms with Crippen LogP contribution in [0.1, 0.15) is 108 Å². The van der Waals surface area contributed by atoms with Gasteiger partial charge in [0.05, 0.1) is 0 Å². The van der Waals surface area contributed by atoms with E-state index >= 15 is 0 Å². The highest BCUT2D eigenvalue weighted by Gasteiger charge is 2.56. The van der Waals surface area contributed by atoms with Crippen molar-refractivity contribution in [2.24, 2.45) is 5.41 Å². The minimum absolute atomic E-state index is 0.0223. The van der Waals surface area contributed by atoms with E-state index in [0.717, 1.165) is 0 Å². The van der Waals surface area contributed by atoms with Crippen molar-refractivity contribution < 1.29 is 0 Å². The van der Waals surface area contributed by atoms with Crippen LogP contribution in [-0.2, 0) is 21.7 Å². The van der Waals surface area contributed by atoms with Gasteiger partial charge in [-0.1, -0.05) is 135 Å². The zero-order valence-corrected chi connectivity index (χ0v) is 30.2. The van der Waals surface area contributed by atoms with Gasteiger partial charge in [0.15, 0.2) is 0 Å². The number of rotatable bonds is 3. The zero-order valence-electron chi connectivity index (χ0n) is 30.2. The van der Waals surface area contributed by atoms with E-state index in [0.29, 0.717) is 0 Å². The van der Waals surface area contributed by atoms with Crippen molar-refractivity contribution in [3.8, 4) is 22.3 Å². The van der Waals surface area contributed by atoms with Gasteiger partial charge in [0, 0.05) is 27.9 Å². The van der Waals surface area contributed by atoms with Crippen molar-refractivity contribution in [2.45, 2.75) is 97.8 Å². The molecule has 1 nitrogen and oxygen atoms in total. The van der Waals surface area contributed by atoms with Gasteiger partial charge in [0.25, 0.3) is 0 Å². The summed E-state index contributed by atoms with van der Waals surface area (Å²) in [5.74, 6) is 0. The van der Waals surface area contributed by atoms with Gasteiger partial charge in [-0.25, -0.2) is 0 Å². The molecular weight excluding hydrogens is 567 g/mol. The number of hydrogen-bond donors (Lipinski definition) is 0. The van der Waals surface area contributed by atoms with Gasteiger partial charge in [-0.3, -0.25) is 0 Å². The molecule has 0 saturated heterocycles. The van der Waals surface area contributed by atoms with Crippen LogP contribution in [0.5, 0.6) is 0 Å². The molecule has 0 bridgehead atoms. The SMILES string of the molecule is Cc1ccc2c(c1)C(C)(C)c1cc(N(c3ccc4c(c3)C(C)(C)c3ccccc3-4)c3ccc4c(c3)C(C)(C)C(C)(C)C4(C)C)ccc1-2. The summed E-state index contributed by atoms with van der Waals surface area (Å²) in [7, 11) is 0. The van der Waals surface area contributed by atoms with Gasteiger partial charge in [-0.2, -0.15) is 0 Å². The van der Waals surface area contributed by atoms with Crippen LogP contribution in [0, 0.1) is 12.3 Å². The minimum Gasteiger partial charge on any atom is -0.310 e. The second-order valence-corrected chi connectivity index (χ2v) is 17.2. The summed E-state index contributed by atoms with van der Waals surface area (Å²) in [5, 5.41) is 0. The predicted octanol–water partition coefficient (Wildman–Crippen LogP) is 12.7. The molecule has 1 heteroatoms. The molecule has 0 radical (unpaired) electrons. The highest BCUT2D eigenvalue weighted by molar-refractivity contribution is 5.88. The summed E-state index contributed by atoms with van der Waals surface area (Å²) < 4.78 is 0. The molecule has 47 heavy (non-hydrogen) atoms. The summed E-state index contributed by atoms with van der Waals surface area (Å²) in [6.45, 7) is 26.4. The molecule has 3 aliphatic carbocycles. The van der Waals surface area contributed by atoms with Crippen LogP contribution in [0.4, 0.5) is 17.1 Å². The molecule has 0 amide bonds. The second kappa shape index (κ2) is 9.28. The largest absolute Gasteiger partial charge is 0.310 e. The molecule has 0 heterocycles. The predicted molar refractivity (Wildman–Crippen MR) is 201 cm³/mol. The van der Waals surface area contributed by atoms with Crippen molar-refractivity contribution in [2.75, 3.05) is 4.90 Å². The Labute approximate surface area is 282 Å². The van der Waals surface area contributed by atoms with Crippen LogP contribution in [0.15, 0.2) is 97.1 Å². The van der Waals surface area contributed by atoms with Gasteiger partial charge >= 0.3 is 0 Å². The molecule has 0 fully saturated rings. The van der Waals surface area contributed by atoms with Crippen LogP contribution in [0.3, 0.4) is 0 Å². The molecule has 8 rings (SSSR count). The van der Waals surface area contributed by atoms with Gasteiger partial charge in [0.2, 0.25) is 0 Å². The molecule has 0 unspecified atom stereocenters. The van der Waals surface area contributed by atoms with Gasteiger partial charge in [-0.05, 0) is 115 Å². The van der Waals surface area contributed by atoms with Gasteiger partial charge in [0.1, 0.15) is 0 Å². The maximum absolute atomic E-state index is 2.53. The Kier molecular flexibility index (Phi) is 5.97. The van der Waals surface area contributed by atoms with E-state index in [-0.39, 0.29) is 27.1 Å². The Morgan fingerprint density at radius 3 is 1.40 bits per heavy atom. The molecule has 238 valence electrons. The Balaban J connectivity index is 1.35. The quantitative estimate of drug-likeness (QED) is 0.195. The first kappa shape index (κ1) is 30.2. The van der Waals surface area contributed by atoms with Crippen LogP contribution >= 0.6 is 0 Å². The first-order valence-electron chi connectivity index (χ1n) is 17.5. The second-order valence-electron chi connectivity index (χ2n) is 17.2. The van der Waals surface area contributed by atoms with Crippen molar-refractivity contribution in [1.29, 1.82) is 0 Å². The highest BCUT2D eigenvalue weighted by Crippen LogP contribution is 2.62. The Hall–Kier alpha value is -4.10. The molecule has 0 saturated carbocycles. The van der Waals surface area contributed by atoms with Crippen LogP contribution in [-0.4, -0.2) is 0 Å². The fourth-order valence-electron chi connectivity index (χ4n) is 9.45. The Bertz CT molecular complexity index is 2130. The highest BCUT2D eigenvalue weighted by atomic mass is 15.1. The molecule has 0 aromatic heterocycles. The lowest BCUT2D eigenvalue weighted by atomic mass is 9.59. The van der Waals surface area contributed by atoms with E-state index in [1.165, 1.54) is 78.3 Å². The lowest BCUT2D eigenvalue weighted by Crippen LogP contribution is -2.42. The maximum Gasteiger partial charge on any atom is 0.0465 e. The monoisotopic (exact) mass is 615 g/mol. The summed E-state index contributed by atoms with van der Waals surface area (Å²) in [4.78, 5) is 2.53. The average Bonchev–Trinajstić information content (AvgIpc) is 3.43. The molecule has 5 aromatic rings. The number of anilines is 3. The minimum atomic E-state index is -0.0755. The van der Waals surface area contributed by atoms with E-state index in [2.05, 4.69) is 178 Å². The number of nitrogens with zero attached hydrogens (tertiary/aromatic N) is 1. The molecule has 3 aliphatic rings. The first-order valence-corrected chi connectivity index (χ1v) is 17.5. The summed E-state index contributed by atoms with van der Waals surface area (Å²) in [6, 6.07) is 37.6.